The minimum absolute atomic E-state index is 0.211. The Morgan fingerprint density at radius 3 is 2.56 bits per heavy atom. The molecule has 1 unspecified atom stereocenters. The summed E-state index contributed by atoms with van der Waals surface area (Å²) in [7, 11) is 0. The molecule has 3 rings (SSSR count). The molecule has 106 valence electrons. The summed E-state index contributed by atoms with van der Waals surface area (Å²) in [6.45, 7) is 11.5. The number of aliphatic hydroxyl groups excluding tert-OH is 1. The first kappa shape index (κ1) is 14.3. The lowest BCUT2D eigenvalue weighted by atomic mass is 9.45. The largest absolute Gasteiger partial charge is 0.395 e. The molecule has 0 aromatic rings. The fourth-order valence-corrected chi connectivity index (χ4v) is 4.06. The zero-order valence-corrected chi connectivity index (χ0v) is 12.4. The van der Waals surface area contributed by atoms with E-state index in [2.05, 4.69) is 31.4 Å². The normalized spacial score (nSPS) is 39.2. The summed E-state index contributed by atoms with van der Waals surface area (Å²) in [6, 6.07) is 0.913. The van der Waals surface area contributed by atoms with E-state index in [-0.39, 0.29) is 12.6 Å². The van der Waals surface area contributed by atoms with Gasteiger partial charge in [0.25, 0.3) is 0 Å². The highest BCUT2D eigenvalue weighted by atomic mass is 16.3. The van der Waals surface area contributed by atoms with Crippen molar-refractivity contribution in [3.63, 3.8) is 0 Å². The van der Waals surface area contributed by atoms with Crippen molar-refractivity contribution in [2.45, 2.75) is 52.6 Å². The maximum Gasteiger partial charge on any atom is 0.0581 e. The van der Waals surface area contributed by atoms with E-state index in [9.17, 15) is 0 Å². The molecule has 5 atom stereocenters. The third kappa shape index (κ3) is 2.59. The molecule has 3 aliphatic rings. The average Bonchev–Trinajstić information content (AvgIpc) is 2.35. The Hall–Kier alpha value is -0.120. The maximum atomic E-state index is 8.94. The minimum atomic E-state index is 0.211. The average molecular weight is 254 g/mol. The van der Waals surface area contributed by atoms with Crippen molar-refractivity contribution in [3.8, 4) is 0 Å². The molecule has 0 spiro atoms. The van der Waals surface area contributed by atoms with Crippen molar-refractivity contribution >= 4 is 0 Å². The second kappa shape index (κ2) is 5.48. The zero-order valence-electron chi connectivity index (χ0n) is 12.4. The van der Waals surface area contributed by atoms with Crippen LogP contribution in [0.4, 0.5) is 0 Å². The predicted octanol–water partition coefficient (Wildman–Crippen LogP) is 1.62. The van der Waals surface area contributed by atoms with Crippen LogP contribution in [0.1, 0.15) is 40.5 Å². The van der Waals surface area contributed by atoms with Gasteiger partial charge >= 0.3 is 0 Å². The van der Waals surface area contributed by atoms with E-state index in [1.54, 1.807) is 0 Å². The minimum Gasteiger partial charge on any atom is -0.395 e. The van der Waals surface area contributed by atoms with E-state index in [0.29, 0.717) is 11.5 Å². The molecule has 3 heteroatoms. The van der Waals surface area contributed by atoms with Gasteiger partial charge in [0.15, 0.2) is 0 Å². The smallest absolute Gasteiger partial charge is 0.0581 e. The Kier molecular flexibility index (Phi) is 4.35. The number of fused-ring (bicyclic) bond motifs is 2. The van der Waals surface area contributed by atoms with Crippen LogP contribution in [0.3, 0.4) is 0 Å². The first-order valence-electron chi connectivity index (χ1n) is 7.54. The molecule has 0 radical (unpaired) electrons. The van der Waals surface area contributed by atoms with Gasteiger partial charge in [-0.05, 0) is 42.9 Å². The van der Waals surface area contributed by atoms with Crippen molar-refractivity contribution in [2.24, 2.45) is 23.2 Å². The van der Waals surface area contributed by atoms with Crippen LogP contribution < -0.4 is 10.6 Å². The molecule has 0 aliphatic heterocycles. The maximum absolute atomic E-state index is 8.94. The topological polar surface area (TPSA) is 44.3 Å². The Labute approximate surface area is 112 Å². The van der Waals surface area contributed by atoms with Gasteiger partial charge in [-0.15, -0.1) is 0 Å². The van der Waals surface area contributed by atoms with Crippen molar-refractivity contribution in [3.05, 3.63) is 0 Å². The van der Waals surface area contributed by atoms with Gasteiger partial charge in [-0.3, -0.25) is 0 Å². The molecule has 3 saturated carbocycles. The standard InChI is InChI=1S/C15H30N2O/c1-10(9-18)16-5-6-17-14-8-12-7-13(11(14)2)15(12,3)4/h10-14,16-18H,5-9H2,1-4H3/t10?,11-,12+,13-,14-/m1/s1. The lowest BCUT2D eigenvalue weighted by Crippen LogP contribution is -2.60. The molecule has 0 saturated heterocycles. The fraction of sp³-hybridized carbons (Fsp3) is 1.00. The summed E-state index contributed by atoms with van der Waals surface area (Å²) in [4.78, 5) is 0. The molecular formula is C15H30N2O. The fourth-order valence-electron chi connectivity index (χ4n) is 4.06. The summed E-state index contributed by atoms with van der Waals surface area (Å²) in [5.41, 5.74) is 0.585. The van der Waals surface area contributed by atoms with Crippen LogP contribution >= 0.6 is 0 Å². The highest BCUT2D eigenvalue weighted by Gasteiger charge is 2.55. The van der Waals surface area contributed by atoms with Crippen LogP contribution in [0, 0.1) is 23.2 Å². The highest BCUT2D eigenvalue weighted by Crippen LogP contribution is 2.61. The van der Waals surface area contributed by atoms with Gasteiger partial charge in [-0.25, -0.2) is 0 Å². The van der Waals surface area contributed by atoms with Crippen LogP contribution in [-0.4, -0.2) is 36.9 Å². The quantitative estimate of drug-likeness (QED) is 0.631. The summed E-state index contributed by atoms with van der Waals surface area (Å²) in [5, 5.41) is 16.0. The second-order valence-electron chi connectivity index (χ2n) is 7.05. The monoisotopic (exact) mass is 254 g/mol. The summed E-state index contributed by atoms with van der Waals surface area (Å²) >= 11 is 0. The van der Waals surface area contributed by atoms with Gasteiger partial charge in [-0.2, -0.15) is 0 Å². The molecule has 18 heavy (non-hydrogen) atoms. The Bertz CT molecular complexity index is 280. The SMILES string of the molecule is CC(CO)NCCN[C@@H]1C[C@@H]2C[C@H]([C@H]1C)C2(C)C. The van der Waals surface area contributed by atoms with E-state index >= 15 is 0 Å². The number of hydrogen-bond donors (Lipinski definition) is 3. The molecule has 0 aromatic heterocycles. The number of nitrogens with one attached hydrogen (secondary N) is 2. The van der Waals surface area contributed by atoms with Crippen molar-refractivity contribution in [1.82, 2.24) is 10.6 Å². The highest BCUT2D eigenvalue weighted by molar-refractivity contribution is 5.06. The van der Waals surface area contributed by atoms with Gasteiger partial charge in [0, 0.05) is 25.2 Å². The van der Waals surface area contributed by atoms with E-state index < -0.39 is 0 Å². The van der Waals surface area contributed by atoms with Crippen LogP contribution in [0.5, 0.6) is 0 Å². The van der Waals surface area contributed by atoms with Crippen LogP contribution in [0.2, 0.25) is 0 Å². The first-order chi connectivity index (χ1) is 8.46. The molecule has 0 amide bonds. The summed E-state index contributed by atoms with van der Waals surface area (Å²) < 4.78 is 0. The second-order valence-corrected chi connectivity index (χ2v) is 7.05. The lowest BCUT2D eigenvalue weighted by Gasteiger charge is -2.62. The van der Waals surface area contributed by atoms with Crippen molar-refractivity contribution < 1.29 is 5.11 Å². The molecule has 2 bridgehead atoms. The third-order valence-corrected chi connectivity index (χ3v) is 5.65. The molecule has 3 fully saturated rings. The molecular weight excluding hydrogens is 224 g/mol. The number of rotatable bonds is 6. The van der Waals surface area contributed by atoms with Gasteiger partial charge in [0.1, 0.15) is 0 Å². The molecule has 0 heterocycles. The van der Waals surface area contributed by atoms with E-state index in [1.807, 2.05) is 6.92 Å². The van der Waals surface area contributed by atoms with Gasteiger partial charge in [0.2, 0.25) is 0 Å². The Morgan fingerprint density at radius 1 is 1.28 bits per heavy atom. The van der Waals surface area contributed by atoms with Crippen LogP contribution in [0.15, 0.2) is 0 Å². The van der Waals surface area contributed by atoms with Crippen LogP contribution in [-0.2, 0) is 0 Å². The molecule has 0 aromatic carbocycles. The zero-order chi connectivity index (χ0) is 13.3. The summed E-state index contributed by atoms with van der Waals surface area (Å²) in [5.74, 6) is 2.65. The molecule has 3 nitrogen and oxygen atoms in total. The van der Waals surface area contributed by atoms with Gasteiger partial charge in [0.05, 0.1) is 6.61 Å². The Balaban J connectivity index is 1.69. The lowest BCUT2D eigenvalue weighted by molar-refractivity contribution is -0.114. The van der Waals surface area contributed by atoms with Gasteiger partial charge in [-0.1, -0.05) is 20.8 Å². The first-order valence-corrected chi connectivity index (χ1v) is 7.54. The van der Waals surface area contributed by atoms with Crippen molar-refractivity contribution in [1.29, 1.82) is 0 Å². The van der Waals surface area contributed by atoms with Crippen molar-refractivity contribution in [2.75, 3.05) is 19.7 Å². The Morgan fingerprint density at radius 2 is 2.00 bits per heavy atom. The van der Waals surface area contributed by atoms with Gasteiger partial charge < -0.3 is 15.7 Å². The summed E-state index contributed by atoms with van der Waals surface area (Å²) in [6.07, 6.45) is 2.80. The number of hydrogen-bond acceptors (Lipinski definition) is 3. The molecule has 3 aliphatic carbocycles. The van der Waals surface area contributed by atoms with Crippen LogP contribution in [0.25, 0.3) is 0 Å². The predicted molar refractivity (Wildman–Crippen MR) is 75.5 cm³/mol. The van der Waals surface area contributed by atoms with E-state index in [4.69, 9.17) is 5.11 Å². The van der Waals surface area contributed by atoms with E-state index in [0.717, 1.165) is 30.8 Å². The number of aliphatic hydroxyl groups is 1. The molecule has 3 N–H and O–H groups in total. The third-order valence-electron chi connectivity index (χ3n) is 5.65. The van der Waals surface area contributed by atoms with E-state index in [1.165, 1.54) is 12.8 Å².